The lowest BCUT2D eigenvalue weighted by Gasteiger charge is -2.29. The van der Waals surface area contributed by atoms with E-state index in [9.17, 15) is 13.2 Å². The van der Waals surface area contributed by atoms with Crippen LogP contribution in [0.15, 0.2) is 29.2 Å². The molecule has 1 aromatic rings. The first-order chi connectivity index (χ1) is 10.4. The number of rotatable bonds is 5. The average Bonchev–Trinajstić information content (AvgIpc) is 2.53. The molecule has 1 aliphatic heterocycles. The van der Waals surface area contributed by atoms with Crippen molar-refractivity contribution in [3.05, 3.63) is 29.8 Å². The Hall–Kier alpha value is -1.48. The first-order valence-electron chi connectivity index (χ1n) is 7.03. The first kappa shape index (κ1) is 16.9. The van der Waals surface area contributed by atoms with E-state index in [1.54, 1.807) is 12.1 Å². The third kappa shape index (κ3) is 4.26. The number of hydrogen-bond acceptors (Lipinski definition) is 5. The van der Waals surface area contributed by atoms with E-state index in [0.29, 0.717) is 19.7 Å². The zero-order valence-corrected chi connectivity index (χ0v) is 13.5. The summed E-state index contributed by atoms with van der Waals surface area (Å²) < 4.78 is 30.9. The molecule has 0 spiro atoms. The third-order valence-electron chi connectivity index (χ3n) is 3.53. The smallest absolute Gasteiger partial charge is 0.250 e. The number of likely N-dealkylation sites (N-methyl/N-ethyl adjacent to an activating group) is 1. The molecule has 2 N–H and O–H groups in total. The highest BCUT2D eigenvalue weighted by Crippen LogP contribution is 2.10. The van der Waals surface area contributed by atoms with Crippen LogP contribution in [0.1, 0.15) is 5.56 Å². The van der Waals surface area contributed by atoms with Crippen LogP contribution in [0.3, 0.4) is 0 Å². The number of hydrogen-bond donors (Lipinski definition) is 2. The molecule has 1 unspecified atom stereocenters. The predicted molar refractivity (Wildman–Crippen MR) is 81.8 cm³/mol. The molecule has 1 saturated heterocycles. The molecular formula is C14H21N3O4S. The Morgan fingerprint density at radius 1 is 1.36 bits per heavy atom. The number of benzene rings is 1. The van der Waals surface area contributed by atoms with Gasteiger partial charge in [-0.3, -0.25) is 4.79 Å². The Bertz CT molecular complexity index is 615. The lowest BCUT2D eigenvalue weighted by molar-refractivity contribution is -0.138. The molecule has 2 rings (SSSR count). The van der Waals surface area contributed by atoms with Gasteiger partial charge in [-0.15, -0.1) is 0 Å². The topological polar surface area (TPSA) is 87.7 Å². The lowest BCUT2D eigenvalue weighted by atomic mass is 10.2. The highest BCUT2D eigenvalue weighted by Gasteiger charge is 2.24. The van der Waals surface area contributed by atoms with E-state index in [0.717, 1.165) is 12.1 Å². The van der Waals surface area contributed by atoms with Gasteiger partial charge in [-0.05, 0) is 31.8 Å². The summed E-state index contributed by atoms with van der Waals surface area (Å²) in [6.45, 7) is 2.28. The Morgan fingerprint density at radius 3 is 2.64 bits per heavy atom. The summed E-state index contributed by atoms with van der Waals surface area (Å²) in [7, 11) is -0.118. The minimum absolute atomic E-state index is 0.154. The van der Waals surface area contributed by atoms with Crippen molar-refractivity contribution in [2.45, 2.75) is 17.5 Å². The van der Waals surface area contributed by atoms with Crippen molar-refractivity contribution in [1.82, 2.24) is 14.9 Å². The van der Waals surface area contributed by atoms with Crippen molar-refractivity contribution >= 4 is 15.9 Å². The van der Waals surface area contributed by atoms with Crippen molar-refractivity contribution in [3.63, 3.8) is 0 Å². The fourth-order valence-corrected chi connectivity index (χ4v) is 2.87. The van der Waals surface area contributed by atoms with Crippen LogP contribution >= 0.6 is 0 Å². The Morgan fingerprint density at radius 2 is 2.05 bits per heavy atom. The monoisotopic (exact) mass is 327 g/mol. The molecule has 1 heterocycles. The van der Waals surface area contributed by atoms with Crippen LogP contribution in [0.2, 0.25) is 0 Å². The normalized spacial score (nSPS) is 19.8. The Balaban J connectivity index is 1.90. The SMILES string of the molecule is CNS(=O)(=O)c1ccc(CNC(=O)C2CN(C)CCO2)cc1. The van der Waals surface area contributed by atoms with Crippen molar-refractivity contribution in [2.75, 3.05) is 33.8 Å². The predicted octanol–water partition coefficient (Wildman–Crippen LogP) is -0.458. The summed E-state index contributed by atoms with van der Waals surface area (Å²) >= 11 is 0. The maximum Gasteiger partial charge on any atom is 0.250 e. The third-order valence-corrected chi connectivity index (χ3v) is 4.96. The molecule has 1 amide bonds. The summed E-state index contributed by atoms with van der Waals surface area (Å²) in [4.78, 5) is 14.3. The second kappa shape index (κ2) is 7.19. The quantitative estimate of drug-likeness (QED) is 0.764. The minimum Gasteiger partial charge on any atom is -0.366 e. The summed E-state index contributed by atoms with van der Waals surface area (Å²) in [5.74, 6) is -0.154. The molecule has 1 aliphatic rings. The molecule has 1 aromatic carbocycles. The molecule has 1 atom stereocenters. The average molecular weight is 327 g/mol. The molecule has 7 nitrogen and oxygen atoms in total. The summed E-state index contributed by atoms with van der Waals surface area (Å²) in [5.41, 5.74) is 0.826. The van der Waals surface area contributed by atoms with Crippen LogP contribution in [-0.2, 0) is 26.1 Å². The van der Waals surface area contributed by atoms with Crippen molar-refractivity contribution in [2.24, 2.45) is 0 Å². The molecule has 22 heavy (non-hydrogen) atoms. The molecule has 1 fully saturated rings. The van der Waals surface area contributed by atoms with Crippen LogP contribution in [-0.4, -0.2) is 59.1 Å². The molecule has 0 saturated carbocycles. The van der Waals surface area contributed by atoms with Gasteiger partial charge in [-0.1, -0.05) is 12.1 Å². The fourth-order valence-electron chi connectivity index (χ4n) is 2.14. The van der Waals surface area contributed by atoms with Gasteiger partial charge >= 0.3 is 0 Å². The summed E-state index contributed by atoms with van der Waals surface area (Å²) in [6, 6.07) is 6.38. The van der Waals surface area contributed by atoms with Crippen LogP contribution in [0.4, 0.5) is 0 Å². The second-order valence-corrected chi connectivity index (χ2v) is 7.08. The standard InChI is InChI=1S/C14H21N3O4S/c1-15-22(19,20)12-5-3-11(4-6-12)9-16-14(18)13-10-17(2)7-8-21-13/h3-6,13,15H,7-10H2,1-2H3,(H,16,18). The lowest BCUT2D eigenvalue weighted by Crippen LogP contribution is -2.48. The summed E-state index contributed by atoms with van der Waals surface area (Å²) in [5, 5.41) is 2.81. The van der Waals surface area contributed by atoms with E-state index in [2.05, 4.69) is 10.0 Å². The maximum absolute atomic E-state index is 12.0. The van der Waals surface area contributed by atoms with E-state index < -0.39 is 16.1 Å². The van der Waals surface area contributed by atoms with Gasteiger partial charge in [-0.2, -0.15) is 0 Å². The van der Waals surface area contributed by atoms with Crippen molar-refractivity contribution in [3.8, 4) is 0 Å². The van der Waals surface area contributed by atoms with E-state index in [4.69, 9.17) is 4.74 Å². The van der Waals surface area contributed by atoms with Crippen molar-refractivity contribution in [1.29, 1.82) is 0 Å². The molecule has 0 radical (unpaired) electrons. The van der Waals surface area contributed by atoms with E-state index in [-0.39, 0.29) is 10.8 Å². The zero-order chi connectivity index (χ0) is 16.2. The van der Waals surface area contributed by atoms with Gasteiger partial charge < -0.3 is 15.0 Å². The number of nitrogens with one attached hydrogen (secondary N) is 2. The number of nitrogens with zero attached hydrogens (tertiary/aromatic N) is 1. The minimum atomic E-state index is -3.43. The highest BCUT2D eigenvalue weighted by molar-refractivity contribution is 7.89. The number of sulfonamides is 1. The molecule has 0 aromatic heterocycles. The number of carbonyl (C=O) groups is 1. The fraction of sp³-hybridized carbons (Fsp3) is 0.500. The zero-order valence-electron chi connectivity index (χ0n) is 12.7. The van der Waals surface area contributed by atoms with Crippen LogP contribution in [0.25, 0.3) is 0 Å². The molecule has 0 aliphatic carbocycles. The highest BCUT2D eigenvalue weighted by atomic mass is 32.2. The Labute approximate surface area is 130 Å². The molecular weight excluding hydrogens is 306 g/mol. The number of carbonyl (C=O) groups excluding carboxylic acids is 1. The van der Waals surface area contributed by atoms with Crippen LogP contribution in [0.5, 0.6) is 0 Å². The number of amides is 1. The van der Waals surface area contributed by atoms with Gasteiger partial charge in [0.2, 0.25) is 10.0 Å². The Kier molecular flexibility index (Phi) is 5.52. The molecule has 122 valence electrons. The summed E-state index contributed by atoms with van der Waals surface area (Å²) in [6.07, 6.45) is -0.456. The first-order valence-corrected chi connectivity index (χ1v) is 8.51. The van der Waals surface area contributed by atoms with Crippen molar-refractivity contribution < 1.29 is 17.9 Å². The van der Waals surface area contributed by atoms with Gasteiger partial charge in [0.1, 0.15) is 6.10 Å². The largest absolute Gasteiger partial charge is 0.366 e. The van der Waals surface area contributed by atoms with E-state index in [1.807, 2.05) is 11.9 Å². The van der Waals surface area contributed by atoms with Gasteiger partial charge in [0.25, 0.3) is 5.91 Å². The van der Waals surface area contributed by atoms with Gasteiger partial charge in [0, 0.05) is 19.6 Å². The van der Waals surface area contributed by atoms with Crippen LogP contribution in [0, 0.1) is 0 Å². The molecule has 0 bridgehead atoms. The number of morpholine rings is 1. The maximum atomic E-state index is 12.0. The van der Waals surface area contributed by atoms with Gasteiger partial charge in [-0.25, -0.2) is 13.1 Å². The second-order valence-electron chi connectivity index (χ2n) is 5.19. The van der Waals surface area contributed by atoms with Crippen LogP contribution < -0.4 is 10.0 Å². The van der Waals surface area contributed by atoms with E-state index in [1.165, 1.54) is 19.2 Å². The van der Waals surface area contributed by atoms with E-state index >= 15 is 0 Å². The number of ether oxygens (including phenoxy) is 1. The molecule has 8 heteroatoms. The van der Waals surface area contributed by atoms with Gasteiger partial charge in [0.15, 0.2) is 0 Å². The van der Waals surface area contributed by atoms with Gasteiger partial charge in [0.05, 0.1) is 11.5 Å².